The second kappa shape index (κ2) is 7.67. The molecule has 0 fully saturated rings. The van der Waals surface area contributed by atoms with E-state index in [1.165, 1.54) is 31.2 Å². The summed E-state index contributed by atoms with van der Waals surface area (Å²) in [5, 5.41) is 13.1. The first-order chi connectivity index (χ1) is 12.1. The fourth-order valence-corrected chi connectivity index (χ4v) is 2.57. The Morgan fingerprint density at radius 3 is 2.38 bits per heavy atom. The fraction of sp³-hybridized carbons (Fsp3) is 0.133. The van der Waals surface area contributed by atoms with Gasteiger partial charge in [0.2, 0.25) is 0 Å². The summed E-state index contributed by atoms with van der Waals surface area (Å²) < 4.78 is 39.7. The molecule has 11 heteroatoms. The van der Waals surface area contributed by atoms with Crippen molar-refractivity contribution < 1.29 is 26.8 Å². The van der Waals surface area contributed by atoms with E-state index in [-0.39, 0.29) is 22.1 Å². The standard InChI is InChI=1S/C15H12ClFN2O6S/c1-9(25-14-7-4-11(19(21)22)8-13(14)16)15(20)18-10-2-5-12(6-3-10)26(17,23)24/h2-9H,1H3,(H,18,20)/t9-/m0/s1. The average Bonchev–Trinajstić information content (AvgIpc) is 2.56. The van der Waals surface area contributed by atoms with Gasteiger partial charge >= 0.3 is 10.2 Å². The zero-order valence-corrected chi connectivity index (χ0v) is 14.8. The summed E-state index contributed by atoms with van der Waals surface area (Å²) in [5.74, 6) is -0.505. The zero-order chi connectivity index (χ0) is 19.5. The highest BCUT2D eigenvalue weighted by Crippen LogP contribution is 2.29. The van der Waals surface area contributed by atoms with Crippen molar-refractivity contribution in [2.75, 3.05) is 5.32 Å². The third kappa shape index (κ3) is 4.90. The molecule has 0 saturated heterocycles. The molecule has 1 atom stereocenters. The van der Waals surface area contributed by atoms with Crippen molar-refractivity contribution in [1.29, 1.82) is 0 Å². The molecule has 0 spiro atoms. The van der Waals surface area contributed by atoms with Crippen molar-refractivity contribution in [3.05, 3.63) is 57.6 Å². The first-order valence-corrected chi connectivity index (χ1v) is 8.80. The third-order valence-electron chi connectivity index (χ3n) is 3.20. The minimum absolute atomic E-state index is 0.0312. The van der Waals surface area contributed by atoms with Crippen LogP contribution in [-0.2, 0) is 15.0 Å². The number of nitro benzene ring substituents is 1. The van der Waals surface area contributed by atoms with Crippen LogP contribution in [0.15, 0.2) is 47.4 Å². The summed E-state index contributed by atoms with van der Waals surface area (Å²) >= 11 is 5.89. The Morgan fingerprint density at radius 1 is 1.27 bits per heavy atom. The van der Waals surface area contributed by atoms with Gasteiger partial charge in [0.1, 0.15) is 5.75 Å². The summed E-state index contributed by atoms with van der Waals surface area (Å²) in [4.78, 5) is 21.6. The second-order valence-electron chi connectivity index (χ2n) is 5.08. The first kappa shape index (κ1) is 19.6. The number of nitrogens with one attached hydrogen (secondary N) is 1. The number of ether oxygens (including phenoxy) is 1. The van der Waals surface area contributed by atoms with Crippen molar-refractivity contribution in [2.45, 2.75) is 17.9 Å². The van der Waals surface area contributed by atoms with Gasteiger partial charge in [0.25, 0.3) is 11.6 Å². The van der Waals surface area contributed by atoms with Gasteiger partial charge in [0, 0.05) is 17.8 Å². The maximum absolute atomic E-state index is 12.8. The number of non-ortho nitro benzene ring substituents is 1. The molecule has 0 bridgehead atoms. The van der Waals surface area contributed by atoms with Crippen molar-refractivity contribution in [3.63, 3.8) is 0 Å². The number of hydrogen-bond donors (Lipinski definition) is 1. The Labute approximate surface area is 152 Å². The molecule has 0 aromatic heterocycles. The number of halogens is 2. The Morgan fingerprint density at radius 2 is 1.88 bits per heavy atom. The number of nitrogens with zero attached hydrogens (tertiary/aromatic N) is 1. The topological polar surface area (TPSA) is 116 Å². The van der Waals surface area contributed by atoms with E-state index in [2.05, 4.69) is 5.32 Å². The molecule has 0 aliphatic rings. The molecule has 8 nitrogen and oxygen atoms in total. The van der Waals surface area contributed by atoms with Gasteiger partial charge in [-0.1, -0.05) is 11.6 Å². The van der Waals surface area contributed by atoms with E-state index in [9.17, 15) is 27.2 Å². The predicted molar refractivity (Wildman–Crippen MR) is 91.6 cm³/mol. The third-order valence-corrected chi connectivity index (χ3v) is 4.33. The molecular formula is C15H12ClFN2O6S. The largest absolute Gasteiger partial charge is 0.479 e. The monoisotopic (exact) mass is 402 g/mol. The lowest BCUT2D eigenvalue weighted by Gasteiger charge is -2.15. The van der Waals surface area contributed by atoms with E-state index in [1.807, 2.05) is 0 Å². The Hall–Kier alpha value is -2.72. The van der Waals surface area contributed by atoms with Gasteiger partial charge in [-0.2, -0.15) is 8.42 Å². The van der Waals surface area contributed by atoms with Crippen molar-refractivity contribution in [1.82, 2.24) is 0 Å². The van der Waals surface area contributed by atoms with Crippen LogP contribution in [0.2, 0.25) is 5.02 Å². The predicted octanol–water partition coefficient (Wildman–Crippen LogP) is 3.31. The lowest BCUT2D eigenvalue weighted by Crippen LogP contribution is -2.30. The quantitative estimate of drug-likeness (QED) is 0.450. The molecule has 2 aromatic carbocycles. The minimum atomic E-state index is -4.82. The lowest BCUT2D eigenvalue weighted by atomic mass is 10.3. The van der Waals surface area contributed by atoms with Gasteiger partial charge in [-0.15, -0.1) is 3.89 Å². The smallest absolute Gasteiger partial charge is 0.332 e. The van der Waals surface area contributed by atoms with Crippen molar-refractivity contribution in [3.8, 4) is 5.75 Å². The highest BCUT2D eigenvalue weighted by molar-refractivity contribution is 7.86. The van der Waals surface area contributed by atoms with E-state index in [0.717, 1.165) is 18.2 Å². The van der Waals surface area contributed by atoms with E-state index >= 15 is 0 Å². The van der Waals surface area contributed by atoms with Crippen LogP contribution in [0.5, 0.6) is 5.75 Å². The number of anilines is 1. The molecule has 0 aliphatic heterocycles. The van der Waals surface area contributed by atoms with E-state index in [4.69, 9.17) is 16.3 Å². The molecule has 2 aromatic rings. The number of carbonyl (C=O) groups is 1. The number of carbonyl (C=O) groups excluding carboxylic acids is 1. The zero-order valence-electron chi connectivity index (χ0n) is 13.2. The lowest BCUT2D eigenvalue weighted by molar-refractivity contribution is -0.384. The average molecular weight is 403 g/mol. The number of hydrogen-bond acceptors (Lipinski definition) is 6. The highest BCUT2D eigenvalue weighted by atomic mass is 35.5. The van der Waals surface area contributed by atoms with Gasteiger partial charge < -0.3 is 10.1 Å². The van der Waals surface area contributed by atoms with Crippen LogP contribution in [-0.4, -0.2) is 25.4 Å². The molecule has 138 valence electrons. The number of benzene rings is 2. The van der Waals surface area contributed by atoms with Crippen LogP contribution < -0.4 is 10.1 Å². The maximum atomic E-state index is 12.8. The summed E-state index contributed by atoms with van der Waals surface area (Å²) in [6.07, 6.45) is -1.02. The van der Waals surface area contributed by atoms with Crippen LogP contribution in [0.3, 0.4) is 0 Å². The van der Waals surface area contributed by atoms with Crippen molar-refractivity contribution in [2.24, 2.45) is 0 Å². The minimum Gasteiger partial charge on any atom is -0.479 e. The van der Waals surface area contributed by atoms with Gasteiger partial charge in [-0.3, -0.25) is 14.9 Å². The van der Waals surface area contributed by atoms with E-state index in [0.29, 0.717) is 0 Å². The van der Waals surface area contributed by atoms with Crippen LogP contribution in [0.25, 0.3) is 0 Å². The van der Waals surface area contributed by atoms with Gasteiger partial charge in [-0.05, 0) is 37.3 Å². The highest BCUT2D eigenvalue weighted by Gasteiger charge is 2.18. The molecule has 0 unspecified atom stereocenters. The normalized spacial score (nSPS) is 12.3. The first-order valence-electron chi connectivity index (χ1n) is 7.04. The molecule has 0 radical (unpaired) electrons. The molecule has 0 heterocycles. The van der Waals surface area contributed by atoms with Crippen LogP contribution in [0, 0.1) is 10.1 Å². The number of rotatable bonds is 6. The molecular weight excluding hydrogens is 391 g/mol. The molecule has 1 amide bonds. The fourth-order valence-electron chi connectivity index (χ4n) is 1.89. The Balaban J connectivity index is 2.05. The van der Waals surface area contributed by atoms with Crippen LogP contribution in [0.4, 0.5) is 15.3 Å². The Kier molecular flexibility index (Phi) is 5.78. The molecule has 0 saturated carbocycles. The summed E-state index contributed by atoms with van der Waals surface area (Å²) in [7, 11) is -4.82. The molecule has 2 rings (SSSR count). The Bertz CT molecular complexity index is 949. The van der Waals surface area contributed by atoms with Crippen molar-refractivity contribution >= 4 is 39.1 Å². The van der Waals surface area contributed by atoms with Gasteiger partial charge in [0.15, 0.2) is 6.10 Å². The van der Waals surface area contributed by atoms with Gasteiger partial charge in [0.05, 0.1) is 14.8 Å². The number of amides is 1. The maximum Gasteiger partial charge on any atom is 0.332 e. The summed E-state index contributed by atoms with van der Waals surface area (Å²) in [6.45, 7) is 1.42. The second-order valence-corrected chi connectivity index (χ2v) is 6.84. The van der Waals surface area contributed by atoms with Crippen LogP contribution >= 0.6 is 11.6 Å². The molecule has 0 aliphatic carbocycles. The van der Waals surface area contributed by atoms with Gasteiger partial charge in [-0.25, -0.2) is 0 Å². The molecule has 1 N–H and O–H groups in total. The summed E-state index contributed by atoms with van der Waals surface area (Å²) in [5.41, 5.74) is 0.00926. The summed E-state index contributed by atoms with van der Waals surface area (Å²) in [6, 6.07) is 7.99. The van der Waals surface area contributed by atoms with E-state index < -0.39 is 32.1 Å². The number of nitro groups is 1. The molecule has 26 heavy (non-hydrogen) atoms. The van der Waals surface area contributed by atoms with E-state index in [1.54, 1.807) is 0 Å². The van der Waals surface area contributed by atoms with Crippen LogP contribution in [0.1, 0.15) is 6.92 Å². The SMILES string of the molecule is C[C@H](Oc1ccc([N+](=O)[O-])cc1Cl)C(=O)Nc1ccc(S(=O)(=O)F)cc1.